The van der Waals surface area contributed by atoms with E-state index in [-0.39, 0.29) is 18.9 Å². The maximum Gasteiger partial charge on any atom is 0.310 e. The highest BCUT2D eigenvalue weighted by atomic mass is 16.7. The van der Waals surface area contributed by atoms with E-state index in [1.807, 2.05) is 6.92 Å². The van der Waals surface area contributed by atoms with Crippen molar-refractivity contribution in [2.45, 2.75) is 116 Å². The number of furan rings is 1. The predicted octanol–water partition coefficient (Wildman–Crippen LogP) is 1.64. The number of aliphatic hydroxyl groups excluding tert-OH is 3. The summed E-state index contributed by atoms with van der Waals surface area (Å²) in [4.78, 5) is 53.1. The van der Waals surface area contributed by atoms with Crippen LogP contribution in [0.1, 0.15) is 72.8 Å². The summed E-state index contributed by atoms with van der Waals surface area (Å²) in [7, 11) is 0. The monoisotopic (exact) mass is 660 g/mol. The number of ketones is 1. The van der Waals surface area contributed by atoms with Crippen LogP contribution < -0.4 is 0 Å². The topological polar surface area (TPSA) is 192 Å². The van der Waals surface area contributed by atoms with E-state index in [4.69, 9.17) is 28.1 Å². The third kappa shape index (κ3) is 3.67. The van der Waals surface area contributed by atoms with Gasteiger partial charge in [-0.25, -0.2) is 0 Å². The number of ether oxygens (including phenoxy) is 5. The fourth-order valence-electron chi connectivity index (χ4n) is 11.4. The van der Waals surface area contributed by atoms with Crippen molar-refractivity contribution in [2.24, 2.45) is 39.4 Å². The van der Waals surface area contributed by atoms with E-state index in [1.54, 1.807) is 40.0 Å². The van der Waals surface area contributed by atoms with Crippen molar-refractivity contribution < 1.29 is 62.6 Å². The number of epoxide rings is 1. The Kier molecular flexibility index (Phi) is 7.02. The van der Waals surface area contributed by atoms with Gasteiger partial charge in [0.05, 0.1) is 42.7 Å². The van der Waals surface area contributed by atoms with Gasteiger partial charge in [0.2, 0.25) is 6.29 Å². The van der Waals surface area contributed by atoms with Gasteiger partial charge in [0.25, 0.3) is 0 Å². The highest BCUT2D eigenvalue weighted by molar-refractivity contribution is 5.91. The first-order chi connectivity index (χ1) is 21.9. The zero-order chi connectivity index (χ0) is 34.2. The quantitative estimate of drug-likeness (QED) is 0.235. The van der Waals surface area contributed by atoms with Gasteiger partial charge in [-0.05, 0) is 37.3 Å². The van der Waals surface area contributed by atoms with Crippen molar-refractivity contribution in [3.8, 4) is 0 Å². The third-order valence-electron chi connectivity index (χ3n) is 13.3. The van der Waals surface area contributed by atoms with E-state index in [2.05, 4.69) is 0 Å². The number of Topliss-reactive ketones (excluding diaryl/α,β-unsaturated/α-hetero) is 1. The van der Waals surface area contributed by atoms with Crippen LogP contribution in [-0.4, -0.2) is 94.1 Å². The lowest BCUT2D eigenvalue weighted by molar-refractivity contribution is -0.391. The molecule has 1 aromatic rings. The van der Waals surface area contributed by atoms with Gasteiger partial charge in [-0.15, -0.1) is 0 Å². The first kappa shape index (κ1) is 32.7. The Balaban J connectivity index is 1.43. The SMILES string of the molecule is CC(=O)O[C@H]1[C@@H](OC(C)=O)[C@]2(C)[C@H](OC(=O)C(C)C)OC[C@]3([C@H]4C(=O)[C@H](O)[C@@]5(C)[C@H](c6ccoc6)C[C@H]6OC65[C@]4(C)[C@H](O)C[C@@H]23)[C@H]1O. The number of esters is 3. The molecular weight excluding hydrogens is 616 g/mol. The van der Waals surface area contributed by atoms with Gasteiger partial charge < -0.3 is 43.4 Å². The molecule has 2 bridgehead atoms. The summed E-state index contributed by atoms with van der Waals surface area (Å²) < 4.78 is 35.6. The number of carbonyl (C=O) groups is 4. The van der Waals surface area contributed by atoms with E-state index in [0.29, 0.717) is 6.42 Å². The summed E-state index contributed by atoms with van der Waals surface area (Å²) in [5.41, 5.74) is -6.04. The number of rotatable bonds is 5. The number of fused-ring (bicyclic) bond motifs is 1. The number of carbonyl (C=O) groups excluding carboxylic acids is 4. The van der Waals surface area contributed by atoms with Gasteiger partial charge in [0.15, 0.2) is 18.0 Å². The number of hydrogen-bond donors (Lipinski definition) is 3. The van der Waals surface area contributed by atoms with Gasteiger partial charge in [0, 0.05) is 41.9 Å². The summed E-state index contributed by atoms with van der Waals surface area (Å²) in [5, 5.41) is 37.1. The van der Waals surface area contributed by atoms with E-state index < -0.39 is 112 Å². The molecule has 0 radical (unpaired) electrons. The van der Waals surface area contributed by atoms with Crippen LogP contribution in [0.5, 0.6) is 0 Å². The smallest absolute Gasteiger partial charge is 0.310 e. The van der Waals surface area contributed by atoms with Crippen LogP contribution in [0.3, 0.4) is 0 Å². The first-order valence-electron chi connectivity index (χ1n) is 16.4. The number of aliphatic hydroxyl groups is 3. The first-order valence-corrected chi connectivity index (χ1v) is 16.4. The molecular formula is C34H44O13. The van der Waals surface area contributed by atoms with Crippen molar-refractivity contribution in [2.75, 3.05) is 6.61 Å². The Hall–Kier alpha value is -2.84. The average Bonchev–Trinajstić information content (AvgIpc) is 3.35. The largest absolute Gasteiger partial charge is 0.472 e. The van der Waals surface area contributed by atoms with Gasteiger partial charge in [0.1, 0.15) is 17.8 Å². The lowest BCUT2D eigenvalue weighted by Gasteiger charge is -2.73. The van der Waals surface area contributed by atoms with Crippen LogP contribution >= 0.6 is 0 Å². The summed E-state index contributed by atoms with van der Waals surface area (Å²) in [5.74, 6) is -5.77. The molecule has 3 heterocycles. The minimum Gasteiger partial charge on any atom is -0.472 e. The Morgan fingerprint density at radius 1 is 0.979 bits per heavy atom. The lowest BCUT2D eigenvalue weighted by Crippen LogP contribution is -2.84. The number of hydrogen-bond acceptors (Lipinski definition) is 13. The molecule has 4 aliphatic carbocycles. The second kappa shape index (κ2) is 10.1. The molecule has 4 saturated carbocycles. The van der Waals surface area contributed by atoms with E-state index in [9.17, 15) is 34.5 Å². The van der Waals surface area contributed by atoms with Crippen molar-refractivity contribution in [1.82, 2.24) is 0 Å². The predicted molar refractivity (Wildman–Crippen MR) is 157 cm³/mol. The van der Waals surface area contributed by atoms with Gasteiger partial charge in [-0.2, -0.15) is 0 Å². The minimum atomic E-state index is -1.66. The zero-order valence-electron chi connectivity index (χ0n) is 27.6. The van der Waals surface area contributed by atoms with Crippen molar-refractivity contribution in [3.63, 3.8) is 0 Å². The molecule has 1 spiro atoms. The molecule has 6 fully saturated rings. The second-order valence-corrected chi connectivity index (χ2v) is 15.6. The van der Waals surface area contributed by atoms with Crippen LogP contribution in [0.2, 0.25) is 0 Å². The molecule has 47 heavy (non-hydrogen) atoms. The minimum absolute atomic E-state index is 0.0299. The van der Waals surface area contributed by atoms with Crippen molar-refractivity contribution >= 4 is 23.7 Å². The normalized spacial score (nSPS) is 50.8. The van der Waals surface area contributed by atoms with Crippen molar-refractivity contribution in [3.05, 3.63) is 24.2 Å². The summed E-state index contributed by atoms with van der Waals surface area (Å²) in [6.45, 7) is 10.5. The Labute approximate surface area is 272 Å². The molecule has 2 aliphatic heterocycles. The lowest BCUT2D eigenvalue weighted by atomic mass is 9.33. The molecule has 1 unspecified atom stereocenters. The maximum absolute atomic E-state index is 15.0. The van der Waals surface area contributed by atoms with E-state index in [0.717, 1.165) is 19.4 Å². The van der Waals surface area contributed by atoms with Crippen LogP contribution in [-0.2, 0) is 42.9 Å². The van der Waals surface area contributed by atoms with E-state index in [1.165, 1.54) is 6.26 Å². The van der Waals surface area contributed by atoms with Crippen LogP contribution in [0.15, 0.2) is 23.0 Å². The molecule has 13 nitrogen and oxygen atoms in total. The fourth-order valence-corrected chi connectivity index (χ4v) is 11.4. The average molecular weight is 661 g/mol. The molecule has 6 aliphatic rings. The molecule has 258 valence electrons. The summed E-state index contributed by atoms with van der Waals surface area (Å²) in [6, 6.07) is 1.80. The van der Waals surface area contributed by atoms with Crippen LogP contribution in [0.25, 0.3) is 0 Å². The summed E-state index contributed by atoms with van der Waals surface area (Å²) >= 11 is 0. The van der Waals surface area contributed by atoms with Gasteiger partial charge in [-0.1, -0.05) is 27.7 Å². The second-order valence-electron chi connectivity index (χ2n) is 15.6. The van der Waals surface area contributed by atoms with Gasteiger partial charge >= 0.3 is 17.9 Å². The van der Waals surface area contributed by atoms with Crippen molar-refractivity contribution in [1.29, 1.82) is 0 Å². The zero-order valence-corrected chi connectivity index (χ0v) is 27.6. The molecule has 0 amide bonds. The maximum atomic E-state index is 15.0. The molecule has 7 rings (SSSR count). The molecule has 15 atom stereocenters. The van der Waals surface area contributed by atoms with Crippen LogP contribution in [0.4, 0.5) is 0 Å². The molecule has 1 aromatic heterocycles. The third-order valence-corrected chi connectivity index (χ3v) is 13.3. The molecule has 0 aromatic carbocycles. The Bertz CT molecular complexity index is 1510. The summed E-state index contributed by atoms with van der Waals surface area (Å²) in [6.07, 6.45) is -5.57. The van der Waals surface area contributed by atoms with Crippen LogP contribution in [0, 0.1) is 39.4 Å². The molecule has 3 N–H and O–H groups in total. The standard InChI is InChI=1S/C34H44O13/c1-14(2)28(41)46-29-30(5)19-11-20(37)32(7)24(33(19,13-43-29)26(40)23(44-15(3)35)27(30)45-16(4)36)22(38)25(39)31(6)18(17-8-9-42-12-17)10-21-34(31,32)47-21/h8-9,12,14,18-21,23-27,29,37,39-40H,10-11,13H2,1-7H3/t18-,19-,20+,21+,23+,24-,25-,26-,27+,29-,30+,31+,32+,33-,34?/m0/s1. The highest BCUT2D eigenvalue weighted by Crippen LogP contribution is 2.82. The molecule has 13 heteroatoms. The Morgan fingerprint density at radius 3 is 2.26 bits per heavy atom. The van der Waals surface area contributed by atoms with E-state index >= 15 is 0 Å². The fraction of sp³-hybridized carbons (Fsp3) is 0.765. The van der Waals surface area contributed by atoms with Gasteiger partial charge in [-0.3, -0.25) is 19.2 Å². The molecule has 2 saturated heterocycles. The Morgan fingerprint density at radius 2 is 1.66 bits per heavy atom. The highest BCUT2D eigenvalue weighted by Gasteiger charge is 2.92.